The minimum Gasteiger partial charge on any atom is -0.317 e. The van der Waals surface area contributed by atoms with E-state index in [9.17, 15) is 4.79 Å². The molecule has 0 bridgehead atoms. The molecule has 1 aliphatic heterocycles. The normalized spacial score (nSPS) is 27.4. The first-order valence-electron chi connectivity index (χ1n) is 13.0. The number of hydrogen-bond acceptors (Lipinski definition) is 4. The van der Waals surface area contributed by atoms with Crippen molar-refractivity contribution in [2.24, 2.45) is 5.92 Å². The average molecular weight is 473 g/mol. The first-order chi connectivity index (χ1) is 16.9. The molecule has 0 N–H and O–H groups in total. The molecule has 6 rings (SSSR count). The number of carbonyl (C=O) groups is 1. The maximum absolute atomic E-state index is 13.9. The highest BCUT2D eigenvalue weighted by Crippen LogP contribution is 2.50. The van der Waals surface area contributed by atoms with Crippen molar-refractivity contribution in [2.45, 2.75) is 62.9 Å². The Bertz CT molecular complexity index is 1220. The zero-order valence-corrected chi connectivity index (χ0v) is 21.2. The van der Waals surface area contributed by atoms with Gasteiger partial charge in [0.25, 0.3) is 0 Å². The van der Waals surface area contributed by atoms with Gasteiger partial charge in [-0.15, -0.1) is 0 Å². The lowest BCUT2D eigenvalue weighted by molar-refractivity contribution is 0.0172. The molecular formula is C28H36N6O. The number of aryl methyl sites for hydroxylation is 1. The van der Waals surface area contributed by atoms with E-state index in [4.69, 9.17) is 0 Å². The summed E-state index contributed by atoms with van der Waals surface area (Å²) in [4.78, 5) is 29.7. The Balaban J connectivity index is 1.32. The van der Waals surface area contributed by atoms with E-state index in [1.807, 2.05) is 28.6 Å². The highest BCUT2D eigenvalue weighted by Gasteiger charge is 2.55. The van der Waals surface area contributed by atoms with Gasteiger partial charge < -0.3 is 9.30 Å². The molecule has 2 aliphatic carbocycles. The van der Waals surface area contributed by atoms with Crippen LogP contribution in [-0.4, -0.2) is 62.9 Å². The Kier molecular flexibility index (Phi) is 5.36. The maximum atomic E-state index is 13.9. The summed E-state index contributed by atoms with van der Waals surface area (Å²) in [5.41, 5.74) is 3.02. The number of amides is 2. The predicted molar refractivity (Wildman–Crippen MR) is 138 cm³/mol. The smallest absolute Gasteiger partial charge is 0.317 e. The highest BCUT2D eigenvalue weighted by molar-refractivity contribution is 5.94. The van der Waals surface area contributed by atoms with Crippen LogP contribution in [0.2, 0.25) is 0 Å². The zero-order chi connectivity index (χ0) is 24.2. The van der Waals surface area contributed by atoms with Crippen LogP contribution in [0.3, 0.4) is 0 Å². The number of aromatic nitrogens is 3. The monoisotopic (exact) mass is 472 g/mol. The summed E-state index contributed by atoms with van der Waals surface area (Å²) < 4.78 is 1.99. The second-order valence-electron chi connectivity index (χ2n) is 11.2. The van der Waals surface area contributed by atoms with Crippen molar-refractivity contribution in [3.05, 3.63) is 60.2 Å². The summed E-state index contributed by atoms with van der Waals surface area (Å²) in [7, 11) is 4.41. The van der Waals surface area contributed by atoms with Crippen LogP contribution in [-0.2, 0) is 5.54 Å². The molecular weight excluding hydrogens is 436 g/mol. The molecule has 1 spiro atoms. The van der Waals surface area contributed by atoms with Crippen LogP contribution in [0.15, 0.2) is 48.9 Å². The van der Waals surface area contributed by atoms with Gasteiger partial charge in [0.2, 0.25) is 0 Å². The maximum Gasteiger partial charge on any atom is 0.326 e. The van der Waals surface area contributed by atoms with E-state index in [1.54, 1.807) is 6.20 Å². The van der Waals surface area contributed by atoms with Crippen LogP contribution in [0.1, 0.15) is 56.2 Å². The molecule has 184 valence electrons. The molecule has 7 heteroatoms. The SMILES string of the molecule is Cc1cn2cc(N3C[C@]4(CC[C@@](c5ccccc5)(N(C)C)CC4)N(CC4CCC4)C3=O)ncc2n1. The van der Waals surface area contributed by atoms with Gasteiger partial charge in [0.05, 0.1) is 30.2 Å². The molecule has 35 heavy (non-hydrogen) atoms. The molecule has 2 aromatic heterocycles. The van der Waals surface area contributed by atoms with Gasteiger partial charge >= 0.3 is 6.03 Å². The minimum atomic E-state index is -0.136. The Morgan fingerprint density at radius 2 is 1.80 bits per heavy atom. The van der Waals surface area contributed by atoms with Crippen LogP contribution in [0.25, 0.3) is 5.65 Å². The number of imidazole rings is 1. The van der Waals surface area contributed by atoms with Gasteiger partial charge in [-0.3, -0.25) is 9.80 Å². The van der Waals surface area contributed by atoms with Crippen LogP contribution in [0, 0.1) is 12.8 Å². The molecule has 1 saturated heterocycles. The lowest BCUT2D eigenvalue weighted by Crippen LogP contribution is -2.56. The fraction of sp³-hybridized carbons (Fsp3) is 0.536. The Hall–Kier alpha value is -2.93. The van der Waals surface area contributed by atoms with Gasteiger partial charge in [0.15, 0.2) is 11.5 Å². The second kappa shape index (κ2) is 8.33. The highest BCUT2D eigenvalue weighted by atomic mass is 16.2. The quantitative estimate of drug-likeness (QED) is 0.533. The summed E-state index contributed by atoms with van der Waals surface area (Å²) in [5.74, 6) is 1.36. The van der Waals surface area contributed by atoms with Gasteiger partial charge in [-0.25, -0.2) is 14.8 Å². The molecule has 2 saturated carbocycles. The third kappa shape index (κ3) is 3.63. The standard InChI is InChI=1S/C28H36N6O/c1-21-17-32-19-25(29-16-24(32)30-21)33-20-27(34(26(33)35)18-22-8-7-9-22)12-14-28(15-13-27,31(2)3)23-10-5-4-6-11-23/h4-6,10-11,16-17,19,22H,7-9,12-15,18,20H2,1-3H3/t27-,28-. The van der Waals surface area contributed by atoms with Crippen LogP contribution >= 0.6 is 0 Å². The van der Waals surface area contributed by atoms with Crippen LogP contribution in [0.4, 0.5) is 10.6 Å². The Morgan fingerprint density at radius 1 is 1.06 bits per heavy atom. The third-order valence-corrected chi connectivity index (χ3v) is 9.05. The lowest BCUT2D eigenvalue weighted by Gasteiger charge is -2.51. The molecule has 3 aromatic rings. The van der Waals surface area contributed by atoms with E-state index in [2.05, 4.69) is 64.2 Å². The molecule has 2 amide bonds. The van der Waals surface area contributed by atoms with E-state index in [0.717, 1.165) is 49.4 Å². The number of fused-ring (bicyclic) bond motifs is 1. The second-order valence-corrected chi connectivity index (χ2v) is 11.2. The number of nitrogens with zero attached hydrogens (tertiary/aromatic N) is 6. The number of rotatable bonds is 5. The summed E-state index contributed by atoms with van der Waals surface area (Å²) >= 11 is 0. The van der Waals surface area contributed by atoms with Gasteiger partial charge in [0, 0.05) is 18.3 Å². The van der Waals surface area contributed by atoms with Crippen molar-refractivity contribution >= 4 is 17.5 Å². The number of benzene rings is 1. The summed E-state index contributed by atoms with van der Waals surface area (Å²) in [5, 5.41) is 0. The summed E-state index contributed by atoms with van der Waals surface area (Å²) in [6, 6.07) is 11.0. The first kappa shape index (κ1) is 22.5. The largest absolute Gasteiger partial charge is 0.326 e. The molecule has 3 heterocycles. The van der Waals surface area contributed by atoms with Crippen molar-refractivity contribution < 1.29 is 4.79 Å². The Labute approximate surface area is 207 Å². The van der Waals surface area contributed by atoms with Crippen LogP contribution < -0.4 is 4.90 Å². The molecule has 0 radical (unpaired) electrons. The minimum absolute atomic E-state index is 0.0105. The van der Waals surface area contributed by atoms with Gasteiger partial charge in [0.1, 0.15) is 0 Å². The van der Waals surface area contributed by atoms with Crippen molar-refractivity contribution in [2.75, 3.05) is 32.1 Å². The van der Waals surface area contributed by atoms with Crippen molar-refractivity contribution in [3.63, 3.8) is 0 Å². The number of hydrogen-bond donors (Lipinski definition) is 0. The fourth-order valence-corrected chi connectivity index (χ4v) is 6.63. The number of urea groups is 1. The molecule has 1 aromatic carbocycles. The van der Waals surface area contributed by atoms with Gasteiger partial charge in [-0.1, -0.05) is 36.8 Å². The van der Waals surface area contributed by atoms with Crippen LogP contribution in [0.5, 0.6) is 0 Å². The predicted octanol–water partition coefficient (Wildman–Crippen LogP) is 4.85. The zero-order valence-electron chi connectivity index (χ0n) is 21.2. The molecule has 7 nitrogen and oxygen atoms in total. The summed E-state index contributed by atoms with van der Waals surface area (Å²) in [6.07, 6.45) is 13.6. The molecule has 0 unspecified atom stereocenters. The Morgan fingerprint density at radius 3 is 2.46 bits per heavy atom. The fourth-order valence-electron chi connectivity index (χ4n) is 6.63. The summed E-state index contributed by atoms with van der Waals surface area (Å²) in [6.45, 7) is 3.57. The van der Waals surface area contributed by atoms with Gasteiger partial charge in [-0.2, -0.15) is 0 Å². The first-order valence-corrected chi connectivity index (χ1v) is 13.0. The molecule has 0 atom stereocenters. The average Bonchev–Trinajstić information content (AvgIpc) is 3.33. The topological polar surface area (TPSA) is 57.0 Å². The third-order valence-electron chi connectivity index (χ3n) is 9.05. The lowest BCUT2D eigenvalue weighted by atomic mass is 9.68. The van der Waals surface area contributed by atoms with E-state index < -0.39 is 0 Å². The van der Waals surface area contributed by atoms with Crippen molar-refractivity contribution in [1.82, 2.24) is 24.2 Å². The van der Waals surface area contributed by atoms with E-state index >= 15 is 0 Å². The number of anilines is 1. The number of carbonyl (C=O) groups excluding carboxylic acids is 1. The van der Waals surface area contributed by atoms with Gasteiger partial charge in [-0.05, 0) is 71.0 Å². The van der Waals surface area contributed by atoms with E-state index in [-0.39, 0.29) is 17.1 Å². The van der Waals surface area contributed by atoms with Crippen molar-refractivity contribution in [1.29, 1.82) is 0 Å². The molecule has 3 aliphatic rings. The molecule has 3 fully saturated rings. The van der Waals surface area contributed by atoms with E-state index in [1.165, 1.54) is 24.8 Å². The van der Waals surface area contributed by atoms with Crippen molar-refractivity contribution in [3.8, 4) is 0 Å². The van der Waals surface area contributed by atoms with E-state index in [0.29, 0.717) is 12.5 Å².